The van der Waals surface area contributed by atoms with Crippen LogP contribution in [0.3, 0.4) is 0 Å². The quantitative estimate of drug-likeness (QED) is 0.786. The Morgan fingerprint density at radius 3 is 2.60 bits per heavy atom. The number of methoxy groups -OCH3 is 1. The Kier molecular flexibility index (Phi) is 4.56. The van der Waals surface area contributed by atoms with E-state index in [9.17, 15) is 4.79 Å². The second-order valence-electron chi connectivity index (χ2n) is 4.77. The molecule has 0 saturated carbocycles. The average Bonchev–Trinajstić information content (AvgIpc) is 2.86. The Bertz CT molecular complexity index is 585. The largest absolute Gasteiger partial charge is 0.469 e. The van der Waals surface area contributed by atoms with Crippen molar-refractivity contribution >= 4 is 5.97 Å². The van der Waals surface area contributed by atoms with E-state index in [1.807, 2.05) is 17.8 Å². The highest BCUT2D eigenvalue weighted by Gasteiger charge is 2.09. The van der Waals surface area contributed by atoms with E-state index in [-0.39, 0.29) is 5.97 Å². The molecule has 0 spiro atoms. The number of hydrogen-bond acceptors (Lipinski definition) is 3. The normalized spacial score (nSPS) is 10.6. The summed E-state index contributed by atoms with van der Waals surface area (Å²) in [6, 6.07) is 10.5. The zero-order valence-electron chi connectivity index (χ0n) is 12.2. The highest BCUT2D eigenvalue weighted by atomic mass is 16.5. The number of carbonyl (C=O) groups is 1. The summed E-state index contributed by atoms with van der Waals surface area (Å²) < 4.78 is 6.50. The minimum absolute atomic E-state index is 0.204. The number of hydrogen-bond donors (Lipinski definition) is 0. The third-order valence-corrected chi connectivity index (χ3v) is 3.40. The predicted molar refractivity (Wildman–Crippen MR) is 78.4 cm³/mol. The minimum atomic E-state index is -0.204. The molecule has 1 aromatic heterocycles. The molecule has 2 aromatic rings. The van der Waals surface area contributed by atoms with Crippen molar-refractivity contribution in [3.8, 4) is 11.3 Å². The molecule has 0 atom stereocenters. The standard InChI is InChI=1S/C16H20N2O2/c1-4-12-5-7-13(8-6-12)15-11-14(17-18(15)2)9-10-16(19)20-3/h5-8,11H,4,9-10H2,1-3H3. The molecular weight excluding hydrogens is 252 g/mol. The van der Waals surface area contributed by atoms with E-state index in [0.717, 1.165) is 23.4 Å². The van der Waals surface area contributed by atoms with Crippen LogP contribution in [-0.2, 0) is 29.4 Å². The van der Waals surface area contributed by atoms with Gasteiger partial charge in [0, 0.05) is 13.5 Å². The highest BCUT2D eigenvalue weighted by molar-refractivity contribution is 5.69. The Morgan fingerprint density at radius 2 is 2.00 bits per heavy atom. The summed E-state index contributed by atoms with van der Waals surface area (Å²) in [5.41, 5.74) is 4.43. The number of nitrogens with zero attached hydrogens (tertiary/aromatic N) is 2. The van der Waals surface area contributed by atoms with Gasteiger partial charge in [-0.3, -0.25) is 9.48 Å². The average molecular weight is 272 g/mol. The first kappa shape index (κ1) is 14.3. The van der Waals surface area contributed by atoms with Crippen molar-refractivity contribution in [2.45, 2.75) is 26.2 Å². The third kappa shape index (κ3) is 3.26. The van der Waals surface area contributed by atoms with E-state index in [0.29, 0.717) is 12.8 Å². The van der Waals surface area contributed by atoms with Crippen LogP contribution in [0.15, 0.2) is 30.3 Å². The van der Waals surface area contributed by atoms with Crippen molar-refractivity contribution in [3.63, 3.8) is 0 Å². The van der Waals surface area contributed by atoms with Crippen LogP contribution in [0.5, 0.6) is 0 Å². The van der Waals surface area contributed by atoms with Crippen molar-refractivity contribution in [3.05, 3.63) is 41.6 Å². The molecule has 0 N–H and O–H groups in total. The summed E-state index contributed by atoms with van der Waals surface area (Å²) in [6.07, 6.45) is 2.01. The zero-order chi connectivity index (χ0) is 14.5. The lowest BCUT2D eigenvalue weighted by Crippen LogP contribution is -2.02. The van der Waals surface area contributed by atoms with Crippen LogP contribution in [0, 0.1) is 0 Å². The fourth-order valence-electron chi connectivity index (χ4n) is 2.16. The summed E-state index contributed by atoms with van der Waals surface area (Å²) in [5.74, 6) is -0.204. The second-order valence-corrected chi connectivity index (χ2v) is 4.77. The maximum atomic E-state index is 11.2. The van der Waals surface area contributed by atoms with Crippen molar-refractivity contribution in [2.24, 2.45) is 7.05 Å². The van der Waals surface area contributed by atoms with Crippen LogP contribution >= 0.6 is 0 Å². The number of rotatable bonds is 5. The third-order valence-electron chi connectivity index (χ3n) is 3.40. The van der Waals surface area contributed by atoms with Crippen LogP contribution in [0.2, 0.25) is 0 Å². The summed E-state index contributed by atoms with van der Waals surface area (Å²) >= 11 is 0. The molecular formula is C16H20N2O2. The molecule has 4 heteroatoms. The predicted octanol–water partition coefficient (Wildman–Crippen LogP) is 2.76. The Hall–Kier alpha value is -2.10. The smallest absolute Gasteiger partial charge is 0.305 e. The number of ether oxygens (including phenoxy) is 1. The molecule has 1 heterocycles. The van der Waals surface area contributed by atoms with E-state index in [1.54, 1.807) is 0 Å². The van der Waals surface area contributed by atoms with Gasteiger partial charge in [-0.15, -0.1) is 0 Å². The SMILES string of the molecule is CCc1ccc(-c2cc(CCC(=O)OC)nn2C)cc1. The molecule has 0 aliphatic carbocycles. The number of esters is 1. The van der Waals surface area contributed by atoms with Gasteiger partial charge in [0.05, 0.1) is 24.9 Å². The molecule has 0 unspecified atom stereocenters. The Morgan fingerprint density at radius 1 is 1.30 bits per heavy atom. The van der Waals surface area contributed by atoms with Crippen molar-refractivity contribution in [2.75, 3.05) is 7.11 Å². The van der Waals surface area contributed by atoms with Gasteiger partial charge in [-0.2, -0.15) is 5.10 Å². The first-order chi connectivity index (χ1) is 9.63. The van der Waals surface area contributed by atoms with Crippen molar-refractivity contribution in [1.82, 2.24) is 9.78 Å². The van der Waals surface area contributed by atoms with Gasteiger partial charge in [0.25, 0.3) is 0 Å². The van der Waals surface area contributed by atoms with Crippen molar-refractivity contribution < 1.29 is 9.53 Å². The second kappa shape index (κ2) is 6.37. The molecule has 0 fully saturated rings. The van der Waals surface area contributed by atoms with Crippen molar-refractivity contribution in [1.29, 1.82) is 0 Å². The van der Waals surface area contributed by atoms with E-state index < -0.39 is 0 Å². The summed E-state index contributed by atoms with van der Waals surface area (Å²) in [5, 5.41) is 4.44. The summed E-state index contributed by atoms with van der Waals surface area (Å²) in [6.45, 7) is 2.14. The first-order valence-corrected chi connectivity index (χ1v) is 6.83. The maximum Gasteiger partial charge on any atom is 0.305 e. The lowest BCUT2D eigenvalue weighted by Gasteiger charge is -2.02. The topological polar surface area (TPSA) is 44.1 Å². The summed E-state index contributed by atoms with van der Waals surface area (Å²) in [7, 11) is 3.33. The minimum Gasteiger partial charge on any atom is -0.469 e. The lowest BCUT2D eigenvalue weighted by molar-refractivity contribution is -0.140. The molecule has 4 nitrogen and oxygen atoms in total. The molecule has 1 aromatic carbocycles. The Labute approximate surface area is 119 Å². The number of carbonyl (C=O) groups excluding carboxylic acids is 1. The van der Waals surface area contributed by atoms with E-state index in [2.05, 4.69) is 41.0 Å². The molecule has 2 rings (SSSR count). The Balaban J connectivity index is 2.15. The van der Waals surface area contributed by atoms with Gasteiger partial charge in [-0.1, -0.05) is 31.2 Å². The first-order valence-electron chi connectivity index (χ1n) is 6.83. The fourth-order valence-corrected chi connectivity index (χ4v) is 2.16. The molecule has 0 saturated heterocycles. The molecule has 0 aliphatic rings. The van der Waals surface area contributed by atoms with Crippen LogP contribution in [0.1, 0.15) is 24.6 Å². The van der Waals surface area contributed by atoms with Crippen LogP contribution in [0.4, 0.5) is 0 Å². The van der Waals surface area contributed by atoms with Crippen LogP contribution < -0.4 is 0 Å². The van der Waals surface area contributed by atoms with E-state index in [1.165, 1.54) is 12.7 Å². The summed E-state index contributed by atoms with van der Waals surface area (Å²) in [4.78, 5) is 11.2. The number of aromatic nitrogens is 2. The van der Waals surface area contributed by atoms with Crippen LogP contribution in [0.25, 0.3) is 11.3 Å². The molecule has 0 aliphatic heterocycles. The molecule has 0 bridgehead atoms. The fraction of sp³-hybridized carbons (Fsp3) is 0.375. The highest BCUT2D eigenvalue weighted by Crippen LogP contribution is 2.21. The molecule has 0 radical (unpaired) electrons. The van der Waals surface area contributed by atoms with Gasteiger partial charge in [0.15, 0.2) is 0 Å². The molecule has 106 valence electrons. The zero-order valence-corrected chi connectivity index (χ0v) is 12.2. The number of aryl methyl sites for hydroxylation is 3. The lowest BCUT2D eigenvalue weighted by atomic mass is 10.1. The van der Waals surface area contributed by atoms with Gasteiger partial charge >= 0.3 is 5.97 Å². The van der Waals surface area contributed by atoms with E-state index >= 15 is 0 Å². The van der Waals surface area contributed by atoms with E-state index in [4.69, 9.17) is 0 Å². The maximum absolute atomic E-state index is 11.2. The van der Waals surface area contributed by atoms with Gasteiger partial charge in [-0.05, 0) is 23.6 Å². The van der Waals surface area contributed by atoms with Gasteiger partial charge < -0.3 is 4.74 Å². The van der Waals surface area contributed by atoms with Gasteiger partial charge in [0.1, 0.15) is 0 Å². The molecule has 0 amide bonds. The van der Waals surface area contributed by atoms with Gasteiger partial charge in [0.2, 0.25) is 0 Å². The van der Waals surface area contributed by atoms with Gasteiger partial charge in [-0.25, -0.2) is 0 Å². The monoisotopic (exact) mass is 272 g/mol. The number of benzene rings is 1. The molecule has 20 heavy (non-hydrogen) atoms. The van der Waals surface area contributed by atoms with Crippen LogP contribution in [-0.4, -0.2) is 22.9 Å².